The molecule has 5 nitrogen and oxygen atoms in total. The second-order valence-corrected chi connectivity index (χ2v) is 6.17. The number of nitrogens with two attached hydrogens (primary N) is 1. The Balaban J connectivity index is 2.92. The Morgan fingerprint density at radius 3 is 2.68 bits per heavy atom. The molecule has 0 aliphatic carbocycles. The largest absolute Gasteiger partial charge is 0.320 e. The molecule has 19 heavy (non-hydrogen) atoms. The van der Waals surface area contributed by atoms with Gasteiger partial charge in [-0.25, -0.2) is 0 Å². The molecule has 0 bridgehead atoms. The van der Waals surface area contributed by atoms with Gasteiger partial charge < -0.3 is 5.73 Å². The minimum absolute atomic E-state index is 0.299. The Bertz CT molecular complexity index is 585. The molecule has 0 heterocycles. The molecule has 1 unspecified atom stereocenters. The van der Waals surface area contributed by atoms with E-state index >= 15 is 0 Å². The first-order valence-electron chi connectivity index (χ1n) is 5.85. The summed E-state index contributed by atoms with van der Waals surface area (Å²) in [6.45, 7) is 2.09. The summed E-state index contributed by atoms with van der Waals surface area (Å²) < 4.78 is 27.2. The monoisotopic (exact) mass is 281 g/mol. The molecule has 1 aromatic carbocycles. The van der Waals surface area contributed by atoms with Crippen molar-refractivity contribution >= 4 is 10.2 Å². The van der Waals surface area contributed by atoms with Gasteiger partial charge in [-0.2, -0.15) is 17.4 Å². The maximum absolute atomic E-state index is 11.7. The molecule has 0 aromatic heterocycles. The van der Waals surface area contributed by atoms with E-state index in [-0.39, 0.29) is 6.04 Å². The van der Waals surface area contributed by atoms with Gasteiger partial charge >= 0.3 is 0 Å². The van der Waals surface area contributed by atoms with E-state index in [1.54, 1.807) is 6.92 Å². The summed E-state index contributed by atoms with van der Waals surface area (Å²) >= 11 is 0. The molecule has 0 radical (unpaired) electrons. The predicted octanol–water partition coefficient (Wildman–Crippen LogP) is 0.454. The van der Waals surface area contributed by atoms with Gasteiger partial charge in [0.2, 0.25) is 0 Å². The summed E-state index contributed by atoms with van der Waals surface area (Å²) in [7, 11) is -0.479. The van der Waals surface area contributed by atoms with Crippen LogP contribution in [0.15, 0.2) is 24.3 Å². The Hall–Kier alpha value is -1.39. The van der Waals surface area contributed by atoms with Crippen LogP contribution in [0.1, 0.15) is 24.1 Å². The zero-order chi connectivity index (χ0) is 14.5. The first-order chi connectivity index (χ1) is 8.86. The van der Waals surface area contributed by atoms with Crippen molar-refractivity contribution in [2.24, 2.45) is 5.73 Å². The molecule has 3 N–H and O–H groups in total. The standard InChI is InChI=1S/C13H19N3O2S/c1-11(15-19(17,18)16(2)3)13-8-4-6-12(10-13)7-5-9-14/h4,6,8,10-11,15H,9,14H2,1-3H3. The van der Waals surface area contributed by atoms with Crippen molar-refractivity contribution < 1.29 is 8.42 Å². The zero-order valence-electron chi connectivity index (χ0n) is 11.3. The first-order valence-corrected chi connectivity index (χ1v) is 7.29. The summed E-state index contributed by atoms with van der Waals surface area (Å²) in [6, 6.07) is 7.09. The number of rotatable bonds is 4. The molecule has 0 aliphatic rings. The van der Waals surface area contributed by atoms with Crippen molar-refractivity contribution in [3.8, 4) is 11.8 Å². The number of nitrogens with one attached hydrogen (secondary N) is 1. The Morgan fingerprint density at radius 2 is 2.11 bits per heavy atom. The minimum Gasteiger partial charge on any atom is -0.320 e. The van der Waals surface area contributed by atoms with Crippen LogP contribution in [-0.2, 0) is 10.2 Å². The molecule has 0 fully saturated rings. The van der Waals surface area contributed by atoms with Crippen LogP contribution < -0.4 is 10.5 Å². The fourth-order valence-electron chi connectivity index (χ4n) is 1.44. The zero-order valence-corrected chi connectivity index (χ0v) is 12.2. The Morgan fingerprint density at radius 1 is 1.42 bits per heavy atom. The third-order valence-electron chi connectivity index (χ3n) is 2.53. The molecular weight excluding hydrogens is 262 g/mol. The highest BCUT2D eigenvalue weighted by Gasteiger charge is 2.17. The van der Waals surface area contributed by atoms with Crippen LogP contribution in [0.4, 0.5) is 0 Å². The van der Waals surface area contributed by atoms with E-state index in [1.165, 1.54) is 14.1 Å². The molecule has 0 saturated heterocycles. The van der Waals surface area contributed by atoms with Gasteiger partial charge in [0, 0.05) is 25.7 Å². The van der Waals surface area contributed by atoms with Crippen molar-refractivity contribution in [2.75, 3.05) is 20.6 Å². The van der Waals surface area contributed by atoms with E-state index < -0.39 is 10.2 Å². The molecule has 104 valence electrons. The molecule has 1 aromatic rings. The first kappa shape index (κ1) is 15.7. The van der Waals surface area contributed by atoms with Crippen LogP contribution >= 0.6 is 0 Å². The van der Waals surface area contributed by atoms with Crippen molar-refractivity contribution in [1.82, 2.24) is 9.03 Å². The molecule has 0 aliphatic heterocycles. The van der Waals surface area contributed by atoms with E-state index in [9.17, 15) is 8.42 Å². The maximum Gasteiger partial charge on any atom is 0.279 e. The SMILES string of the molecule is CC(NS(=O)(=O)N(C)C)c1cccc(C#CCN)c1. The van der Waals surface area contributed by atoms with Crippen LogP contribution in [0.25, 0.3) is 0 Å². The third-order valence-corrected chi connectivity index (χ3v) is 4.14. The van der Waals surface area contributed by atoms with E-state index in [1.807, 2.05) is 24.3 Å². The van der Waals surface area contributed by atoms with E-state index in [4.69, 9.17) is 5.73 Å². The fourth-order valence-corrected chi connectivity index (χ4v) is 2.23. The third kappa shape index (κ3) is 4.65. The average molecular weight is 281 g/mol. The molecule has 6 heteroatoms. The van der Waals surface area contributed by atoms with Gasteiger partial charge in [-0.3, -0.25) is 0 Å². The van der Waals surface area contributed by atoms with Gasteiger partial charge in [0.1, 0.15) is 0 Å². The fraction of sp³-hybridized carbons (Fsp3) is 0.385. The number of hydrogen-bond acceptors (Lipinski definition) is 3. The minimum atomic E-state index is -3.45. The van der Waals surface area contributed by atoms with Gasteiger partial charge in [0.15, 0.2) is 0 Å². The van der Waals surface area contributed by atoms with Crippen LogP contribution in [-0.4, -0.2) is 33.4 Å². The van der Waals surface area contributed by atoms with Crippen LogP contribution in [0, 0.1) is 11.8 Å². The smallest absolute Gasteiger partial charge is 0.279 e. The molecule has 0 amide bonds. The average Bonchev–Trinajstić information content (AvgIpc) is 2.36. The molecule has 0 saturated carbocycles. The van der Waals surface area contributed by atoms with Gasteiger partial charge in [-0.05, 0) is 24.6 Å². The van der Waals surface area contributed by atoms with Crippen LogP contribution in [0.3, 0.4) is 0 Å². The summed E-state index contributed by atoms with van der Waals surface area (Å²) in [4.78, 5) is 0. The van der Waals surface area contributed by atoms with E-state index in [0.717, 1.165) is 15.4 Å². The van der Waals surface area contributed by atoms with Crippen LogP contribution in [0.5, 0.6) is 0 Å². The molecule has 1 rings (SSSR count). The Kier molecular flexibility index (Phi) is 5.51. The summed E-state index contributed by atoms with van der Waals surface area (Å²) in [5.41, 5.74) is 6.99. The molecular formula is C13H19N3O2S. The number of nitrogens with zero attached hydrogens (tertiary/aromatic N) is 1. The predicted molar refractivity (Wildman–Crippen MR) is 76.5 cm³/mol. The van der Waals surface area contributed by atoms with E-state index in [2.05, 4.69) is 16.6 Å². The lowest BCUT2D eigenvalue weighted by atomic mass is 10.1. The highest BCUT2D eigenvalue weighted by Crippen LogP contribution is 2.15. The number of hydrogen-bond donors (Lipinski definition) is 2. The number of benzene rings is 1. The Labute approximate surface area is 115 Å². The van der Waals surface area contributed by atoms with Crippen molar-refractivity contribution in [3.05, 3.63) is 35.4 Å². The summed E-state index contributed by atoms with van der Waals surface area (Å²) in [6.07, 6.45) is 0. The lowest BCUT2D eigenvalue weighted by Gasteiger charge is -2.18. The normalized spacial score (nSPS) is 12.9. The van der Waals surface area contributed by atoms with Gasteiger partial charge in [-0.15, -0.1) is 0 Å². The highest BCUT2D eigenvalue weighted by atomic mass is 32.2. The molecule has 1 atom stereocenters. The van der Waals surface area contributed by atoms with Gasteiger partial charge in [0.05, 0.1) is 6.54 Å². The highest BCUT2D eigenvalue weighted by molar-refractivity contribution is 7.87. The summed E-state index contributed by atoms with van der Waals surface area (Å²) in [5.74, 6) is 5.69. The van der Waals surface area contributed by atoms with Crippen molar-refractivity contribution in [3.63, 3.8) is 0 Å². The topological polar surface area (TPSA) is 75.4 Å². The summed E-state index contributed by atoms with van der Waals surface area (Å²) in [5, 5.41) is 0. The lowest BCUT2D eigenvalue weighted by Crippen LogP contribution is -2.37. The second kappa shape index (κ2) is 6.68. The van der Waals surface area contributed by atoms with Crippen molar-refractivity contribution in [1.29, 1.82) is 0 Å². The van der Waals surface area contributed by atoms with Crippen molar-refractivity contribution in [2.45, 2.75) is 13.0 Å². The molecule has 0 spiro atoms. The lowest BCUT2D eigenvalue weighted by molar-refractivity contribution is 0.494. The van der Waals surface area contributed by atoms with Gasteiger partial charge in [0.25, 0.3) is 10.2 Å². The maximum atomic E-state index is 11.7. The second-order valence-electron chi connectivity index (χ2n) is 4.26. The van der Waals surface area contributed by atoms with Gasteiger partial charge in [-0.1, -0.05) is 24.0 Å². The van der Waals surface area contributed by atoms with Crippen LogP contribution in [0.2, 0.25) is 0 Å². The van der Waals surface area contributed by atoms with E-state index in [0.29, 0.717) is 6.54 Å². The quantitative estimate of drug-likeness (QED) is 0.787.